The van der Waals surface area contributed by atoms with E-state index >= 15 is 0 Å². The number of fused-ring (bicyclic) bond motifs is 3. The van der Waals surface area contributed by atoms with E-state index in [1.807, 2.05) is 6.07 Å². The molecule has 0 radical (unpaired) electrons. The van der Waals surface area contributed by atoms with Crippen LogP contribution in [0.5, 0.6) is 11.5 Å². The first-order valence-corrected chi connectivity index (χ1v) is 12.5. The number of rotatable bonds is 7. The fourth-order valence-electron chi connectivity index (χ4n) is 6.19. The number of imide groups is 1. The van der Waals surface area contributed by atoms with E-state index in [0.717, 1.165) is 76.5 Å². The summed E-state index contributed by atoms with van der Waals surface area (Å²) >= 11 is 0. The van der Waals surface area contributed by atoms with Crippen molar-refractivity contribution in [1.29, 1.82) is 0 Å². The van der Waals surface area contributed by atoms with Crippen molar-refractivity contribution in [2.45, 2.75) is 53.0 Å². The van der Waals surface area contributed by atoms with Crippen LogP contribution in [0.1, 0.15) is 52.0 Å². The molecule has 33 heavy (non-hydrogen) atoms. The summed E-state index contributed by atoms with van der Waals surface area (Å²) in [7, 11) is 0. The largest absolute Gasteiger partial charge is 0.454 e. The first kappa shape index (κ1) is 22.7. The van der Waals surface area contributed by atoms with Gasteiger partial charge in [-0.2, -0.15) is 0 Å². The summed E-state index contributed by atoms with van der Waals surface area (Å²) in [5, 5.41) is 0. The molecule has 0 N–H and O–H groups in total. The highest BCUT2D eigenvalue weighted by Gasteiger charge is 2.64. The number of benzene rings is 1. The smallest absolute Gasteiger partial charge is 0.235 e. The molecular formula is C26H37N3O4. The number of piperazine rings is 1. The van der Waals surface area contributed by atoms with E-state index in [0.29, 0.717) is 13.3 Å². The SMILES string of the molecule is CC1(C)[C@H]2CC[C@@]1(C)C(=O)N(CCCCN1CCN(Cc3ccc4c(c3)OCO4)CC1)C2=O. The van der Waals surface area contributed by atoms with Crippen molar-refractivity contribution in [3.05, 3.63) is 23.8 Å². The first-order chi connectivity index (χ1) is 15.8. The molecule has 180 valence electrons. The van der Waals surface area contributed by atoms with E-state index in [1.54, 1.807) is 4.90 Å². The molecule has 2 amide bonds. The summed E-state index contributed by atoms with van der Waals surface area (Å²) in [4.78, 5) is 32.7. The lowest BCUT2D eigenvalue weighted by atomic mass is 9.62. The Morgan fingerprint density at radius 3 is 2.42 bits per heavy atom. The molecular weight excluding hydrogens is 418 g/mol. The van der Waals surface area contributed by atoms with E-state index in [2.05, 4.69) is 42.7 Å². The molecule has 4 aliphatic rings. The predicted octanol–water partition coefficient (Wildman–Crippen LogP) is 3.12. The maximum Gasteiger partial charge on any atom is 0.235 e. The molecule has 2 atom stereocenters. The lowest BCUT2D eigenvalue weighted by Gasteiger charge is -2.47. The zero-order chi connectivity index (χ0) is 23.2. The second-order valence-corrected chi connectivity index (χ2v) is 11.0. The van der Waals surface area contributed by atoms with Gasteiger partial charge in [0.2, 0.25) is 18.6 Å². The lowest BCUT2D eigenvalue weighted by molar-refractivity contribution is -0.167. The minimum atomic E-state index is -0.389. The maximum atomic E-state index is 13.1. The quantitative estimate of drug-likeness (QED) is 0.465. The van der Waals surface area contributed by atoms with Crippen molar-refractivity contribution in [1.82, 2.24) is 14.7 Å². The maximum absolute atomic E-state index is 13.1. The third-order valence-electron chi connectivity index (χ3n) is 8.92. The predicted molar refractivity (Wildman–Crippen MR) is 125 cm³/mol. The van der Waals surface area contributed by atoms with E-state index in [4.69, 9.17) is 9.47 Å². The number of hydrogen-bond donors (Lipinski definition) is 0. The Hall–Kier alpha value is -2.12. The van der Waals surface area contributed by atoms with Crippen molar-refractivity contribution < 1.29 is 19.1 Å². The van der Waals surface area contributed by atoms with E-state index in [1.165, 1.54) is 5.56 Å². The number of carbonyl (C=O) groups excluding carboxylic acids is 2. The normalized spacial score (nSPS) is 29.2. The van der Waals surface area contributed by atoms with Gasteiger partial charge in [0.25, 0.3) is 0 Å². The van der Waals surface area contributed by atoms with Gasteiger partial charge >= 0.3 is 0 Å². The van der Waals surface area contributed by atoms with Crippen molar-refractivity contribution in [3.63, 3.8) is 0 Å². The summed E-state index contributed by atoms with van der Waals surface area (Å²) in [6.45, 7) is 13.3. The average molecular weight is 456 g/mol. The molecule has 2 saturated heterocycles. The van der Waals surface area contributed by atoms with E-state index in [-0.39, 0.29) is 28.6 Å². The third kappa shape index (κ3) is 3.93. The summed E-state index contributed by atoms with van der Waals surface area (Å²) < 4.78 is 10.9. The van der Waals surface area contributed by atoms with Gasteiger partial charge in [-0.05, 0) is 55.3 Å². The van der Waals surface area contributed by atoms with Crippen molar-refractivity contribution in [2.24, 2.45) is 16.7 Å². The third-order valence-corrected chi connectivity index (χ3v) is 8.92. The Kier molecular flexibility index (Phi) is 5.90. The average Bonchev–Trinajstić information content (AvgIpc) is 3.33. The van der Waals surface area contributed by atoms with Gasteiger partial charge in [-0.3, -0.25) is 19.4 Å². The highest BCUT2D eigenvalue weighted by Crippen LogP contribution is 2.60. The molecule has 7 heteroatoms. The number of unbranched alkanes of at least 4 members (excludes halogenated alkanes) is 1. The highest BCUT2D eigenvalue weighted by molar-refractivity contribution is 6.03. The van der Waals surface area contributed by atoms with Crippen LogP contribution in [0.25, 0.3) is 0 Å². The Bertz CT molecular complexity index is 924. The summed E-state index contributed by atoms with van der Waals surface area (Å²) in [5.74, 6) is 1.81. The molecule has 1 saturated carbocycles. The van der Waals surface area contributed by atoms with Crippen molar-refractivity contribution in [3.8, 4) is 11.5 Å². The second-order valence-electron chi connectivity index (χ2n) is 11.0. The summed E-state index contributed by atoms with van der Waals surface area (Å²) in [6.07, 6.45) is 3.59. The molecule has 5 rings (SSSR count). The van der Waals surface area contributed by atoms with Crippen LogP contribution in [0.4, 0.5) is 0 Å². The molecule has 1 aromatic rings. The molecule has 3 heterocycles. The lowest BCUT2D eigenvalue weighted by Crippen LogP contribution is -2.59. The fourth-order valence-corrected chi connectivity index (χ4v) is 6.19. The van der Waals surface area contributed by atoms with Gasteiger partial charge in [-0.25, -0.2) is 0 Å². The van der Waals surface area contributed by atoms with E-state index in [9.17, 15) is 9.59 Å². The number of amides is 2. The summed E-state index contributed by atoms with van der Waals surface area (Å²) in [6, 6.07) is 6.21. The van der Waals surface area contributed by atoms with E-state index < -0.39 is 0 Å². The first-order valence-electron chi connectivity index (χ1n) is 12.5. The molecule has 3 aliphatic heterocycles. The van der Waals surface area contributed by atoms with Gasteiger partial charge in [0.1, 0.15) is 0 Å². The van der Waals surface area contributed by atoms with Gasteiger partial charge in [0.15, 0.2) is 11.5 Å². The van der Waals surface area contributed by atoms with Crippen LogP contribution in [-0.2, 0) is 16.1 Å². The van der Waals surface area contributed by atoms with Crippen LogP contribution < -0.4 is 9.47 Å². The van der Waals surface area contributed by atoms with Crippen LogP contribution in [-0.4, -0.2) is 72.6 Å². The Balaban J connectivity index is 1.04. The Labute approximate surface area is 197 Å². The van der Waals surface area contributed by atoms with Crippen molar-refractivity contribution in [2.75, 3.05) is 46.1 Å². The molecule has 3 fully saturated rings. The Morgan fingerprint density at radius 1 is 0.939 bits per heavy atom. The van der Waals surface area contributed by atoms with Crippen LogP contribution in [0.2, 0.25) is 0 Å². The van der Waals surface area contributed by atoms with Crippen LogP contribution >= 0.6 is 0 Å². The van der Waals surface area contributed by atoms with Gasteiger partial charge in [0, 0.05) is 45.2 Å². The van der Waals surface area contributed by atoms with Gasteiger partial charge < -0.3 is 14.4 Å². The number of hydrogen-bond acceptors (Lipinski definition) is 6. The monoisotopic (exact) mass is 455 g/mol. The molecule has 1 aromatic carbocycles. The number of nitrogens with zero attached hydrogens (tertiary/aromatic N) is 3. The Morgan fingerprint density at radius 2 is 1.64 bits per heavy atom. The van der Waals surface area contributed by atoms with Gasteiger partial charge in [-0.15, -0.1) is 0 Å². The molecule has 0 spiro atoms. The molecule has 0 unspecified atom stereocenters. The zero-order valence-electron chi connectivity index (χ0n) is 20.3. The van der Waals surface area contributed by atoms with Gasteiger partial charge in [-0.1, -0.05) is 26.8 Å². The second kappa shape index (κ2) is 8.58. The van der Waals surface area contributed by atoms with Crippen molar-refractivity contribution >= 4 is 11.8 Å². The standard InChI is InChI=1S/C26H37N3O4/c1-25(2)20-8-9-26(25,3)24(31)29(23(20)30)11-5-4-10-27-12-14-28(15-13-27)17-19-6-7-21-22(16-19)33-18-32-21/h6-7,16,20H,4-5,8-15,17-18H2,1-3H3/t20-,26-/m0/s1. The fraction of sp³-hybridized carbons (Fsp3) is 0.692. The molecule has 2 bridgehead atoms. The number of piperidine rings is 1. The molecule has 0 aromatic heterocycles. The number of ether oxygens (including phenoxy) is 2. The number of carbonyl (C=O) groups is 2. The zero-order valence-corrected chi connectivity index (χ0v) is 20.3. The molecule has 1 aliphatic carbocycles. The summed E-state index contributed by atoms with van der Waals surface area (Å²) in [5.41, 5.74) is 0.645. The van der Waals surface area contributed by atoms with Crippen LogP contribution in [0.3, 0.4) is 0 Å². The van der Waals surface area contributed by atoms with Gasteiger partial charge in [0.05, 0.1) is 5.41 Å². The topological polar surface area (TPSA) is 62.3 Å². The minimum Gasteiger partial charge on any atom is -0.454 e. The minimum absolute atomic E-state index is 0.00182. The van der Waals surface area contributed by atoms with Crippen LogP contribution in [0.15, 0.2) is 18.2 Å². The highest BCUT2D eigenvalue weighted by atomic mass is 16.7. The molecule has 7 nitrogen and oxygen atoms in total. The number of likely N-dealkylation sites (tertiary alicyclic amines) is 1. The van der Waals surface area contributed by atoms with Crippen LogP contribution in [0, 0.1) is 16.7 Å².